The van der Waals surface area contributed by atoms with E-state index in [0.29, 0.717) is 37.3 Å². The van der Waals surface area contributed by atoms with E-state index in [4.69, 9.17) is 10.3 Å². The van der Waals surface area contributed by atoms with Crippen LogP contribution in [0.15, 0.2) is 4.52 Å². The lowest BCUT2D eigenvalue weighted by Crippen LogP contribution is -2.53. The highest BCUT2D eigenvalue weighted by Gasteiger charge is 2.26. The molecule has 7 nitrogen and oxygen atoms in total. The highest BCUT2D eigenvalue weighted by molar-refractivity contribution is 5.85. The van der Waals surface area contributed by atoms with E-state index in [1.807, 2.05) is 4.90 Å². The Kier molecular flexibility index (Phi) is 9.68. The van der Waals surface area contributed by atoms with Gasteiger partial charge in [-0.05, 0) is 12.3 Å². The highest BCUT2D eigenvalue weighted by atomic mass is 35.5. The van der Waals surface area contributed by atoms with E-state index in [1.165, 1.54) is 0 Å². The Morgan fingerprint density at radius 1 is 1.26 bits per heavy atom. The zero-order valence-corrected chi connectivity index (χ0v) is 15.5. The average Bonchev–Trinajstić information content (AvgIpc) is 2.83. The molecule has 0 spiro atoms. The summed E-state index contributed by atoms with van der Waals surface area (Å²) in [6, 6.07) is -0.378. The molecule has 0 aliphatic carbocycles. The molecule has 2 heterocycles. The number of piperazine rings is 1. The second kappa shape index (κ2) is 10.1. The van der Waals surface area contributed by atoms with Crippen molar-refractivity contribution in [3.05, 3.63) is 11.7 Å². The van der Waals surface area contributed by atoms with Crippen LogP contribution in [0.25, 0.3) is 0 Å². The minimum atomic E-state index is -0.378. The molecule has 0 radical (unpaired) electrons. The zero-order chi connectivity index (χ0) is 15.4. The number of halogens is 2. The summed E-state index contributed by atoms with van der Waals surface area (Å²) in [5.41, 5.74) is 5.97. The maximum Gasteiger partial charge on any atom is 0.239 e. The van der Waals surface area contributed by atoms with E-state index < -0.39 is 0 Å². The molecule has 1 aromatic heterocycles. The van der Waals surface area contributed by atoms with Crippen molar-refractivity contribution in [1.82, 2.24) is 19.9 Å². The van der Waals surface area contributed by atoms with Gasteiger partial charge in [-0.25, -0.2) is 0 Å². The number of amides is 1. The predicted molar refractivity (Wildman–Crippen MR) is 92.8 cm³/mol. The maximum absolute atomic E-state index is 12.2. The third-order valence-corrected chi connectivity index (χ3v) is 3.66. The van der Waals surface area contributed by atoms with Gasteiger partial charge in [0, 0.05) is 33.1 Å². The minimum absolute atomic E-state index is 0. The van der Waals surface area contributed by atoms with Crippen LogP contribution >= 0.6 is 24.8 Å². The van der Waals surface area contributed by atoms with Crippen molar-refractivity contribution >= 4 is 30.7 Å². The van der Waals surface area contributed by atoms with Gasteiger partial charge in [0.15, 0.2) is 5.82 Å². The molecule has 1 fully saturated rings. The Morgan fingerprint density at radius 2 is 1.87 bits per heavy atom. The van der Waals surface area contributed by atoms with Gasteiger partial charge in [-0.1, -0.05) is 19.0 Å². The monoisotopic (exact) mass is 367 g/mol. The van der Waals surface area contributed by atoms with Crippen LogP contribution in [0.1, 0.15) is 32.0 Å². The van der Waals surface area contributed by atoms with Gasteiger partial charge in [-0.15, -0.1) is 24.8 Å². The van der Waals surface area contributed by atoms with E-state index >= 15 is 0 Å². The second-order valence-corrected chi connectivity index (χ2v) is 6.07. The fourth-order valence-corrected chi connectivity index (χ4v) is 2.58. The summed E-state index contributed by atoms with van der Waals surface area (Å²) in [4.78, 5) is 20.5. The van der Waals surface area contributed by atoms with E-state index in [2.05, 4.69) is 28.9 Å². The third kappa shape index (κ3) is 6.63. The molecule has 0 unspecified atom stereocenters. The fourth-order valence-electron chi connectivity index (χ4n) is 2.58. The quantitative estimate of drug-likeness (QED) is 0.841. The maximum atomic E-state index is 12.2. The van der Waals surface area contributed by atoms with Crippen molar-refractivity contribution < 1.29 is 9.32 Å². The molecule has 0 bridgehead atoms. The van der Waals surface area contributed by atoms with Gasteiger partial charge in [0.2, 0.25) is 11.8 Å². The van der Waals surface area contributed by atoms with Gasteiger partial charge in [0.1, 0.15) is 0 Å². The number of carbonyl (C=O) groups is 1. The summed E-state index contributed by atoms with van der Waals surface area (Å²) in [6.07, 6.45) is 0.737. The first-order chi connectivity index (χ1) is 9.95. The van der Waals surface area contributed by atoms with Crippen LogP contribution in [0.5, 0.6) is 0 Å². The summed E-state index contributed by atoms with van der Waals surface area (Å²) in [5, 5.41) is 3.90. The Hall–Kier alpha value is -0.890. The number of hydrogen-bond donors (Lipinski definition) is 1. The first-order valence-electron chi connectivity index (χ1n) is 7.51. The van der Waals surface area contributed by atoms with Crippen molar-refractivity contribution in [1.29, 1.82) is 0 Å². The molecule has 1 aromatic rings. The van der Waals surface area contributed by atoms with Crippen LogP contribution in [0, 0.1) is 12.8 Å². The lowest BCUT2D eigenvalue weighted by molar-refractivity contribution is -0.134. The van der Waals surface area contributed by atoms with Crippen LogP contribution in [0.2, 0.25) is 0 Å². The average molecular weight is 368 g/mol. The molecule has 0 saturated carbocycles. The Labute approximate surface area is 149 Å². The number of nitrogens with zero attached hydrogens (tertiary/aromatic N) is 4. The standard InChI is InChI=1S/C14H25N5O2.2ClH/c1-10(2)8-12(15)14(20)19-6-4-18(5-7-19)9-13-16-11(3)21-17-13;;/h10,12H,4-9,15H2,1-3H3;2*1H/t12-;;/m0../s1. The number of aromatic nitrogens is 2. The number of rotatable bonds is 5. The lowest BCUT2D eigenvalue weighted by atomic mass is 10.0. The van der Waals surface area contributed by atoms with Crippen molar-refractivity contribution in [3.63, 3.8) is 0 Å². The highest BCUT2D eigenvalue weighted by Crippen LogP contribution is 2.10. The molecule has 1 atom stereocenters. The van der Waals surface area contributed by atoms with Gasteiger partial charge in [-0.3, -0.25) is 9.69 Å². The van der Waals surface area contributed by atoms with Gasteiger partial charge >= 0.3 is 0 Å². The number of hydrogen-bond acceptors (Lipinski definition) is 6. The number of nitrogens with two attached hydrogens (primary N) is 1. The first-order valence-corrected chi connectivity index (χ1v) is 7.51. The van der Waals surface area contributed by atoms with E-state index in [1.54, 1.807) is 6.92 Å². The van der Waals surface area contributed by atoms with Crippen molar-refractivity contribution in [2.24, 2.45) is 11.7 Å². The Morgan fingerprint density at radius 3 is 2.35 bits per heavy atom. The summed E-state index contributed by atoms with van der Waals surface area (Å²) in [5.74, 6) is 1.78. The summed E-state index contributed by atoms with van der Waals surface area (Å²) in [7, 11) is 0. The number of carbonyl (C=O) groups excluding carboxylic acids is 1. The van der Waals surface area contributed by atoms with Gasteiger partial charge in [-0.2, -0.15) is 4.98 Å². The van der Waals surface area contributed by atoms with Crippen molar-refractivity contribution in [2.45, 2.75) is 39.8 Å². The van der Waals surface area contributed by atoms with Gasteiger partial charge in [0.25, 0.3) is 0 Å². The number of aryl methyl sites for hydroxylation is 1. The van der Waals surface area contributed by atoms with Crippen LogP contribution in [0.3, 0.4) is 0 Å². The van der Waals surface area contributed by atoms with Gasteiger partial charge < -0.3 is 15.2 Å². The van der Waals surface area contributed by atoms with Crippen LogP contribution < -0.4 is 5.73 Å². The molecule has 0 aromatic carbocycles. The predicted octanol–water partition coefficient (Wildman–Crippen LogP) is 1.24. The van der Waals surface area contributed by atoms with E-state index in [-0.39, 0.29) is 36.8 Å². The Bertz CT molecular complexity index is 475. The summed E-state index contributed by atoms with van der Waals surface area (Å²) < 4.78 is 4.96. The lowest BCUT2D eigenvalue weighted by Gasteiger charge is -2.35. The topological polar surface area (TPSA) is 88.5 Å². The fraction of sp³-hybridized carbons (Fsp3) is 0.786. The molecule has 1 aliphatic heterocycles. The molecule has 134 valence electrons. The molecule has 2 N–H and O–H groups in total. The molecule has 2 rings (SSSR count). The molecule has 1 amide bonds. The SMILES string of the molecule is Cc1nc(CN2CCN(C(=O)[C@@H](N)CC(C)C)CC2)no1.Cl.Cl. The van der Waals surface area contributed by atoms with Crippen LogP contribution in [-0.4, -0.2) is 58.1 Å². The molecule has 23 heavy (non-hydrogen) atoms. The van der Waals surface area contributed by atoms with E-state index in [0.717, 1.165) is 19.5 Å². The van der Waals surface area contributed by atoms with Crippen LogP contribution in [-0.2, 0) is 11.3 Å². The molecule has 9 heteroatoms. The zero-order valence-electron chi connectivity index (χ0n) is 13.9. The first kappa shape index (κ1) is 22.1. The normalized spacial score (nSPS) is 16.7. The molecule has 1 saturated heterocycles. The van der Waals surface area contributed by atoms with Crippen molar-refractivity contribution in [2.75, 3.05) is 26.2 Å². The molecular formula is C14H27Cl2N5O2. The Balaban J connectivity index is 0.00000242. The second-order valence-electron chi connectivity index (χ2n) is 6.07. The smallest absolute Gasteiger partial charge is 0.239 e. The molecule has 1 aliphatic rings. The van der Waals surface area contributed by atoms with Gasteiger partial charge in [0.05, 0.1) is 12.6 Å². The largest absolute Gasteiger partial charge is 0.340 e. The van der Waals surface area contributed by atoms with E-state index in [9.17, 15) is 4.79 Å². The summed E-state index contributed by atoms with van der Waals surface area (Å²) >= 11 is 0. The molecular weight excluding hydrogens is 341 g/mol. The minimum Gasteiger partial charge on any atom is -0.340 e. The summed E-state index contributed by atoms with van der Waals surface area (Å²) in [6.45, 7) is 9.65. The van der Waals surface area contributed by atoms with Crippen LogP contribution in [0.4, 0.5) is 0 Å². The third-order valence-electron chi connectivity index (χ3n) is 3.66. The van der Waals surface area contributed by atoms with Crippen molar-refractivity contribution in [3.8, 4) is 0 Å².